The summed E-state index contributed by atoms with van der Waals surface area (Å²) in [6.45, 7) is 3.39. The quantitative estimate of drug-likeness (QED) is 0.450. The van der Waals surface area contributed by atoms with Crippen LogP contribution in [0.1, 0.15) is 16.0 Å². The zero-order valence-corrected chi connectivity index (χ0v) is 18.7. The Labute approximate surface area is 183 Å². The number of thiophene rings is 1. The van der Waals surface area contributed by atoms with Gasteiger partial charge >= 0.3 is 0 Å². The van der Waals surface area contributed by atoms with Crippen molar-refractivity contribution in [2.75, 3.05) is 19.0 Å². The van der Waals surface area contributed by atoms with Crippen molar-refractivity contribution >= 4 is 38.9 Å². The highest BCUT2D eigenvalue weighted by Gasteiger charge is 2.12. The van der Waals surface area contributed by atoms with Gasteiger partial charge in [-0.1, -0.05) is 39.7 Å². The second-order valence-corrected chi connectivity index (χ2v) is 8.37. The third-order valence-electron chi connectivity index (χ3n) is 4.22. The Morgan fingerprint density at radius 1 is 1.10 bits per heavy atom. The largest absolute Gasteiger partial charge is 0.493 e. The van der Waals surface area contributed by atoms with E-state index in [-0.39, 0.29) is 12.5 Å². The first-order valence-electron chi connectivity index (χ1n) is 9.14. The van der Waals surface area contributed by atoms with Crippen molar-refractivity contribution in [2.24, 2.45) is 0 Å². The number of rotatable bonds is 9. The minimum Gasteiger partial charge on any atom is -0.493 e. The van der Waals surface area contributed by atoms with Crippen LogP contribution in [0.2, 0.25) is 0 Å². The molecule has 5 nitrogen and oxygen atoms in total. The lowest BCUT2D eigenvalue weighted by molar-refractivity contribution is -0.118. The number of amides is 1. The zero-order valence-electron chi connectivity index (χ0n) is 16.3. The van der Waals surface area contributed by atoms with Gasteiger partial charge in [0.25, 0.3) is 5.91 Å². The van der Waals surface area contributed by atoms with Crippen LogP contribution in [0.3, 0.4) is 0 Å². The van der Waals surface area contributed by atoms with Gasteiger partial charge in [0.2, 0.25) is 0 Å². The Kier molecular flexibility index (Phi) is 7.69. The van der Waals surface area contributed by atoms with Crippen molar-refractivity contribution in [1.82, 2.24) is 5.32 Å². The maximum absolute atomic E-state index is 12.2. The lowest BCUT2D eigenvalue weighted by Gasteiger charge is -2.14. The molecule has 0 fully saturated rings. The molecule has 7 heteroatoms. The number of methoxy groups -OCH3 is 1. The van der Waals surface area contributed by atoms with E-state index >= 15 is 0 Å². The van der Waals surface area contributed by atoms with E-state index in [0.29, 0.717) is 18.0 Å². The van der Waals surface area contributed by atoms with Crippen LogP contribution < -0.4 is 20.1 Å². The molecule has 0 aliphatic heterocycles. The monoisotopic (exact) mass is 474 g/mol. The van der Waals surface area contributed by atoms with E-state index in [2.05, 4.69) is 38.0 Å². The molecular weight excluding hydrogens is 452 g/mol. The second kappa shape index (κ2) is 10.4. The topological polar surface area (TPSA) is 59.6 Å². The zero-order chi connectivity index (χ0) is 20.6. The first kappa shape index (κ1) is 21.4. The Morgan fingerprint density at radius 2 is 1.90 bits per heavy atom. The summed E-state index contributed by atoms with van der Waals surface area (Å²) < 4.78 is 12.0. The van der Waals surface area contributed by atoms with E-state index in [1.807, 2.05) is 49.4 Å². The Balaban J connectivity index is 1.57. The molecule has 2 aromatic carbocycles. The van der Waals surface area contributed by atoms with Crippen LogP contribution in [0.5, 0.6) is 11.5 Å². The van der Waals surface area contributed by atoms with Crippen LogP contribution in [-0.4, -0.2) is 19.6 Å². The maximum atomic E-state index is 12.2. The van der Waals surface area contributed by atoms with E-state index < -0.39 is 0 Å². The molecule has 0 aliphatic rings. The molecule has 29 heavy (non-hydrogen) atoms. The van der Waals surface area contributed by atoms with Crippen molar-refractivity contribution in [3.63, 3.8) is 0 Å². The van der Waals surface area contributed by atoms with Gasteiger partial charge in [-0.25, -0.2) is 0 Å². The number of nitrogens with one attached hydrogen (secondary N) is 2. The number of carbonyl (C=O) groups is 1. The fourth-order valence-corrected chi connectivity index (χ4v) is 3.83. The number of hydrogen-bond donors (Lipinski definition) is 2. The van der Waals surface area contributed by atoms with Gasteiger partial charge in [-0.3, -0.25) is 4.79 Å². The first-order chi connectivity index (χ1) is 14.0. The average Bonchev–Trinajstić information content (AvgIpc) is 3.23. The molecule has 152 valence electrons. The molecule has 3 rings (SSSR count). The van der Waals surface area contributed by atoms with Crippen LogP contribution in [-0.2, 0) is 17.9 Å². The van der Waals surface area contributed by atoms with Gasteiger partial charge in [-0.15, -0.1) is 11.3 Å². The number of ether oxygens (including phenoxy) is 2. The van der Waals surface area contributed by atoms with E-state index in [9.17, 15) is 4.79 Å². The third-order valence-corrected chi connectivity index (χ3v) is 5.84. The first-order valence-corrected chi connectivity index (χ1v) is 10.8. The van der Waals surface area contributed by atoms with Gasteiger partial charge in [0.15, 0.2) is 18.1 Å². The number of aryl methyl sites for hydroxylation is 1. The van der Waals surface area contributed by atoms with Crippen molar-refractivity contribution < 1.29 is 14.3 Å². The molecule has 3 aromatic rings. The highest BCUT2D eigenvalue weighted by atomic mass is 79.9. The number of carbonyl (C=O) groups excluding carboxylic acids is 1. The molecular formula is C22H23BrN2O3S. The predicted molar refractivity (Wildman–Crippen MR) is 121 cm³/mol. The summed E-state index contributed by atoms with van der Waals surface area (Å²) in [5, 5.41) is 8.30. The van der Waals surface area contributed by atoms with Gasteiger partial charge in [0.1, 0.15) is 0 Å². The number of benzene rings is 2. The normalized spacial score (nSPS) is 10.6. The predicted octanol–water partition coefficient (Wildman–Crippen LogP) is 5.13. The molecule has 0 bridgehead atoms. The Morgan fingerprint density at radius 3 is 2.59 bits per heavy atom. The molecule has 2 N–H and O–H groups in total. The lowest BCUT2D eigenvalue weighted by Crippen LogP contribution is -2.20. The van der Waals surface area contributed by atoms with Crippen LogP contribution in [0.15, 0.2) is 58.4 Å². The molecule has 0 spiro atoms. The highest BCUT2D eigenvalue weighted by Crippen LogP contribution is 2.33. The van der Waals surface area contributed by atoms with E-state index in [4.69, 9.17) is 9.47 Å². The summed E-state index contributed by atoms with van der Waals surface area (Å²) in [5.74, 6) is 0.874. The second-order valence-electron chi connectivity index (χ2n) is 6.48. The summed E-state index contributed by atoms with van der Waals surface area (Å²) in [6, 6.07) is 15.5. The van der Waals surface area contributed by atoms with Gasteiger partial charge in [0.05, 0.1) is 7.11 Å². The molecule has 1 amide bonds. The van der Waals surface area contributed by atoms with Crippen molar-refractivity contribution in [2.45, 2.75) is 20.0 Å². The smallest absolute Gasteiger partial charge is 0.262 e. The molecule has 0 saturated heterocycles. The summed E-state index contributed by atoms with van der Waals surface area (Å²) in [4.78, 5) is 13.5. The number of halogens is 1. The van der Waals surface area contributed by atoms with Crippen LogP contribution in [0.4, 0.5) is 5.69 Å². The van der Waals surface area contributed by atoms with E-state index in [0.717, 1.165) is 27.8 Å². The number of anilines is 1. The molecule has 1 aromatic heterocycles. The lowest BCUT2D eigenvalue weighted by atomic mass is 10.2. The van der Waals surface area contributed by atoms with Crippen molar-refractivity contribution in [3.8, 4) is 11.5 Å². The van der Waals surface area contributed by atoms with Gasteiger partial charge in [0, 0.05) is 28.1 Å². The van der Waals surface area contributed by atoms with Crippen LogP contribution in [0, 0.1) is 6.92 Å². The average molecular weight is 475 g/mol. The number of hydrogen-bond acceptors (Lipinski definition) is 5. The fraction of sp³-hybridized carbons (Fsp3) is 0.227. The summed E-state index contributed by atoms with van der Waals surface area (Å²) in [5.41, 5.74) is 2.93. The van der Waals surface area contributed by atoms with E-state index in [1.54, 1.807) is 18.4 Å². The summed E-state index contributed by atoms with van der Waals surface area (Å²) in [6.07, 6.45) is 0. The van der Waals surface area contributed by atoms with Crippen molar-refractivity contribution in [1.29, 1.82) is 0 Å². The van der Waals surface area contributed by atoms with Crippen LogP contribution >= 0.6 is 27.3 Å². The van der Waals surface area contributed by atoms with Crippen LogP contribution in [0.25, 0.3) is 0 Å². The molecule has 1 heterocycles. The third kappa shape index (κ3) is 6.32. The van der Waals surface area contributed by atoms with Crippen molar-refractivity contribution in [3.05, 3.63) is 74.4 Å². The van der Waals surface area contributed by atoms with Gasteiger partial charge < -0.3 is 20.1 Å². The molecule has 0 aliphatic carbocycles. The summed E-state index contributed by atoms with van der Waals surface area (Å²) >= 11 is 5.31. The SMILES string of the molecule is COc1cc(CNCc2cccs2)c(Br)cc1OCC(=O)Nc1ccc(C)cc1. The molecule has 0 unspecified atom stereocenters. The molecule has 0 saturated carbocycles. The van der Waals surface area contributed by atoms with Gasteiger partial charge in [-0.05, 0) is 48.2 Å². The maximum Gasteiger partial charge on any atom is 0.262 e. The fourth-order valence-electron chi connectivity index (χ4n) is 2.70. The van der Waals surface area contributed by atoms with E-state index in [1.165, 1.54) is 4.88 Å². The highest BCUT2D eigenvalue weighted by molar-refractivity contribution is 9.10. The molecule has 0 radical (unpaired) electrons. The molecule has 0 atom stereocenters. The minimum atomic E-state index is -0.228. The van der Waals surface area contributed by atoms with Gasteiger partial charge in [-0.2, -0.15) is 0 Å². The Hall–Kier alpha value is -2.35. The summed E-state index contributed by atoms with van der Waals surface area (Å²) in [7, 11) is 1.59. The standard InChI is InChI=1S/C22H23BrN2O3S/c1-15-5-7-17(8-6-15)25-22(26)14-28-21-11-19(23)16(10-20(21)27-2)12-24-13-18-4-3-9-29-18/h3-11,24H,12-14H2,1-2H3,(H,25,26). The minimum absolute atomic E-state index is 0.105. The Bertz CT molecular complexity index is 943.